The van der Waals surface area contributed by atoms with Gasteiger partial charge in [-0.15, -0.1) is 0 Å². The van der Waals surface area contributed by atoms with E-state index in [-0.39, 0.29) is 5.92 Å². The lowest BCUT2D eigenvalue weighted by molar-refractivity contribution is 0.306. The van der Waals surface area contributed by atoms with Crippen LogP contribution in [0.4, 0.5) is 0 Å². The van der Waals surface area contributed by atoms with E-state index in [0.717, 1.165) is 33.8 Å². The molecule has 0 N–H and O–H groups in total. The van der Waals surface area contributed by atoms with Gasteiger partial charge >= 0.3 is 0 Å². The minimum absolute atomic E-state index is 0.0842. The number of halogens is 2. The minimum atomic E-state index is -0.991. The van der Waals surface area contributed by atoms with E-state index in [2.05, 4.69) is 48.5 Å². The number of ether oxygens (including phenoxy) is 2. The first kappa shape index (κ1) is 21.9. The zero-order valence-corrected chi connectivity index (χ0v) is 19.8. The molecule has 0 bridgehead atoms. The van der Waals surface area contributed by atoms with E-state index < -0.39 is 9.75 Å². The van der Waals surface area contributed by atoms with Gasteiger partial charge in [-0.3, -0.25) is 0 Å². The van der Waals surface area contributed by atoms with Crippen molar-refractivity contribution >= 4 is 23.2 Å². The average Bonchev–Trinajstić information content (AvgIpc) is 3.40. The van der Waals surface area contributed by atoms with Crippen LogP contribution in [-0.4, -0.2) is 11.4 Å². The Bertz CT molecular complexity index is 1210. The van der Waals surface area contributed by atoms with E-state index in [9.17, 15) is 0 Å². The topological polar surface area (TPSA) is 18.5 Å². The molecule has 2 atom stereocenters. The molecule has 2 nitrogen and oxygen atoms in total. The predicted molar refractivity (Wildman–Crippen MR) is 135 cm³/mol. The highest BCUT2D eigenvalue weighted by atomic mass is 35.5. The maximum Gasteiger partial charge on any atom is 0.140 e. The molecule has 1 aliphatic rings. The van der Waals surface area contributed by atoms with Crippen LogP contribution in [0.3, 0.4) is 0 Å². The van der Waals surface area contributed by atoms with Gasteiger partial charge in [-0.1, -0.05) is 108 Å². The Morgan fingerprint density at radius 2 is 1.18 bits per heavy atom. The molecule has 4 aromatic carbocycles. The van der Waals surface area contributed by atoms with E-state index >= 15 is 0 Å². The van der Waals surface area contributed by atoms with E-state index in [1.54, 1.807) is 7.11 Å². The molecule has 0 heterocycles. The molecule has 0 radical (unpaired) electrons. The molecule has 1 aliphatic carbocycles. The summed E-state index contributed by atoms with van der Waals surface area (Å²) in [5.74, 6) is 1.52. The number of hydrogen-bond acceptors (Lipinski definition) is 2. The molecule has 166 valence electrons. The number of alkyl halides is 2. The summed E-state index contributed by atoms with van der Waals surface area (Å²) in [6, 6.07) is 36.5. The van der Waals surface area contributed by atoms with Crippen molar-refractivity contribution in [2.75, 3.05) is 7.11 Å². The Labute approximate surface area is 204 Å². The van der Waals surface area contributed by atoms with Crippen molar-refractivity contribution in [2.24, 2.45) is 0 Å². The van der Waals surface area contributed by atoms with Crippen LogP contribution >= 0.6 is 23.2 Å². The van der Waals surface area contributed by atoms with E-state index in [0.29, 0.717) is 6.61 Å². The highest BCUT2D eigenvalue weighted by Crippen LogP contribution is 2.77. The minimum Gasteiger partial charge on any atom is -0.497 e. The number of benzene rings is 4. The third-order valence-corrected chi connectivity index (χ3v) is 7.51. The molecule has 4 aromatic rings. The van der Waals surface area contributed by atoms with Gasteiger partial charge in [0, 0.05) is 5.92 Å². The molecular weight excluding hydrogens is 451 g/mol. The fourth-order valence-electron chi connectivity index (χ4n) is 4.80. The Kier molecular flexibility index (Phi) is 5.82. The van der Waals surface area contributed by atoms with Crippen LogP contribution in [0.5, 0.6) is 11.5 Å². The molecule has 1 saturated carbocycles. The van der Waals surface area contributed by atoms with Gasteiger partial charge in [0.05, 0.1) is 12.5 Å². The molecule has 5 rings (SSSR count). The van der Waals surface area contributed by atoms with Crippen molar-refractivity contribution < 1.29 is 9.47 Å². The first-order valence-electron chi connectivity index (χ1n) is 10.9. The molecule has 0 saturated heterocycles. The van der Waals surface area contributed by atoms with E-state index in [4.69, 9.17) is 32.7 Å². The highest BCUT2D eigenvalue weighted by Gasteiger charge is 2.77. The Balaban J connectivity index is 1.51. The summed E-state index contributed by atoms with van der Waals surface area (Å²) in [6.07, 6.45) is 0. The maximum atomic E-state index is 7.09. The molecule has 33 heavy (non-hydrogen) atoms. The summed E-state index contributed by atoms with van der Waals surface area (Å²) in [5, 5.41) is 0. The molecule has 0 aromatic heterocycles. The van der Waals surface area contributed by atoms with Crippen molar-refractivity contribution in [1.82, 2.24) is 0 Å². The second kappa shape index (κ2) is 8.78. The van der Waals surface area contributed by atoms with Crippen LogP contribution < -0.4 is 9.47 Å². The van der Waals surface area contributed by atoms with Crippen molar-refractivity contribution in [2.45, 2.75) is 22.3 Å². The third kappa shape index (κ3) is 3.78. The normalized spacial score (nSPS) is 20.8. The van der Waals surface area contributed by atoms with Crippen molar-refractivity contribution in [1.29, 1.82) is 0 Å². The van der Waals surface area contributed by atoms with Gasteiger partial charge in [0.15, 0.2) is 0 Å². The SMILES string of the molecule is COc1ccc([C@@]2(c3ccc(OCc4ccccc4)cc3)[C@@H](c3ccccc3)C2(Cl)Cl)cc1. The van der Waals surface area contributed by atoms with E-state index in [1.807, 2.05) is 60.7 Å². The van der Waals surface area contributed by atoms with Crippen LogP contribution in [0.1, 0.15) is 28.2 Å². The molecular formula is C29H24Cl2O2. The van der Waals surface area contributed by atoms with Gasteiger partial charge in [-0.2, -0.15) is 0 Å². The van der Waals surface area contributed by atoms with E-state index in [1.165, 1.54) is 0 Å². The predicted octanol–water partition coefficient (Wildman–Crippen LogP) is 7.53. The first-order valence-corrected chi connectivity index (χ1v) is 11.7. The van der Waals surface area contributed by atoms with Crippen molar-refractivity contribution in [3.8, 4) is 11.5 Å². The van der Waals surface area contributed by atoms with Gasteiger partial charge in [-0.05, 0) is 46.5 Å². The number of hydrogen-bond donors (Lipinski definition) is 0. The Morgan fingerprint density at radius 1 is 0.667 bits per heavy atom. The molecule has 4 heteroatoms. The summed E-state index contributed by atoms with van der Waals surface area (Å²) in [5.41, 5.74) is 3.77. The van der Waals surface area contributed by atoms with Crippen LogP contribution in [0.2, 0.25) is 0 Å². The fraction of sp³-hybridized carbons (Fsp3) is 0.172. The monoisotopic (exact) mass is 474 g/mol. The summed E-state index contributed by atoms with van der Waals surface area (Å²) < 4.78 is 10.4. The van der Waals surface area contributed by atoms with Gasteiger partial charge in [-0.25, -0.2) is 0 Å². The Hall–Kier alpha value is -2.94. The van der Waals surface area contributed by atoms with Crippen LogP contribution in [-0.2, 0) is 12.0 Å². The second-order valence-corrected chi connectivity index (χ2v) is 9.69. The standard InChI is InChI=1S/C29H24Cl2O2/c1-32-25-16-12-23(13-17-25)28(27(29(28,30)31)22-10-6-3-7-11-22)24-14-18-26(19-15-24)33-20-21-8-4-2-5-9-21/h2-19,27H,20H2,1H3/t27-,28-/m1/s1. The highest BCUT2D eigenvalue weighted by molar-refractivity contribution is 6.53. The molecule has 0 amide bonds. The molecule has 0 aliphatic heterocycles. The summed E-state index contributed by atoms with van der Waals surface area (Å²) in [4.78, 5) is 0. The zero-order chi connectivity index (χ0) is 22.9. The largest absolute Gasteiger partial charge is 0.497 e. The Morgan fingerprint density at radius 3 is 1.73 bits per heavy atom. The lowest BCUT2D eigenvalue weighted by Crippen LogP contribution is -2.17. The van der Waals surface area contributed by atoms with Gasteiger partial charge in [0.25, 0.3) is 0 Å². The fourth-order valence-corrected chi connectivity index (χ4v) is 5.93. The van der Waals surface area contributed by atoms with Crippen LogP contribution in [0.25, 0.3) is 0 Å². The molecule has 0 spiro atoms. The smallest absolute Gasteiger partial charge is 0.140 e. The zero-order valence-electron chi connectivity index (χ0n) is 18.2. The molecule has 1 fully saturated rings. The average molecular weight is 475 g/mol. The number of methoxy groups -OCH3 is 1. The van der Waals surface area contributed by atoms with Crippen molar-refractivity contribution in [3.05, 3.63) is 131 Å². The second-order valence-electron chi connectivity index (χ2n) is 8.30. The number of rotatable bonds is 7. The first-order chi connectivity index (χ1) is 16.1. The lowest BCUT2D eigenvalue weighted by Gasteiger charge is -2.21. The van der Waals surface area contributed by atoms with Gasteiger partial charge in [0.2, 0.25) is 0 Å². The van der Waals surface area contributed by atoms with Crippen molar-refractivity contribution in [3.63, 3.8) is 0 Å². The molecule has 0 unspecified atom stereocenters. The summed E-state index contributed by atoms with van der Waals surface area (Å²) in [7, 11) is 1.66. The quantitative estimate of drug-likeness (QED) is 0.257. The summed E-state index contributed by atoms with van der Waals surface area (Å²) in [6.45, 7) is 0.519. The van der Waals surface area contributed by atoms with Crippen LogP contribution in [0, 0.1) is 0 Å². The van der Waals surface area contributed by atoms with Gasteiger partial charge < -0.3 is 9.47 Å². The summed E-state index contributed by atoms with van der Waals surface area (Å²) >= 11 is 14.2. The van der Waals surface area contributed by atoms with Crippen LogP contribution in [0.15, 0.2) is 109 Å². The third-order valence-electron chi connectivity index (χ3n) is 6.47. The van der Waals surface area contributed by atoms with Gasteiger partial charge in [0.1, 0.15) is 22.4 Å². The lowest BCUT2D eigenvalue weighted by atomic mass is 9.84. The maximum absolute atomic E-state index is 7.09.